The van der Waals surface area contributed by atoms with Crippen molar-refractivity contribution < 1.29 is 0 Å². The zero-order valence-corrected chi connectivity index (χ0v) is 28.6. The van der Waals surface area contributed by atoms with Crippen LogP contribution in [0.5, 0.6) is 0 Å². The van der Waals surface area contributed by atoms with Crippen molar-refractivity contribution in [2.45, 2.75) is 12.3 Å². The standard InChI is InChI=1S/C48H32N2S/c1-3-11-31(12-4-1)32-19-23-46-39(27-32)38-16-8-10-18-44(38)50(46)36-22-26-48-42(30-36)41-29-34(21-25-47(41)51-48)33-20-24-45-40(28-33)37-15-7-9-17-43(37)49(45)35-13-5-2-6-14-35/h1-26,28-30,32H,27H2. The molecule has 1 atom stereocenters. The van der Waals surface area contributed by atoms with Gasteiger partial charge < -0.3 is 9.13 Å². The Kier molecular flexibility index (Phi) is 6.28. The van der Waals surface area contributed by atoms with E-state index in [-0.39, 0.29) is 0 Å². The first-order chi connectivity index (χ1) is 25.3. The lowest BCUT2D eigenvalue weighted by Crippen LogP contribution is -2.07. The molecule has 0 amide bonds. The summed E-state index contributed by atoms with van der Waals surface area (Å²) >= 11 is 1.88. The summed E-state index contributed by atoms with van der Waals surface area (Å²) in [5.41, 5.74) is 12.7. The van der Waals surface area contributed by atoms with E-state index in [4.69, 9.17) is 0 Å². The molecule has 0 N–H and O–H groups in total. The SMILES string of the molecule is C1=CC(c2ccccc2)Cc2c1n(-c1ccc3sc4ccc(-c5ccc6c(c5)c5ccccc5n6-c5ccccc5)cc4c3c1)c1ccccc21. The molecule has 0 spiro atoms. The lowest BCUT2D eigenvalue weighted by molar-refractivity contribution is 0.825. The van der Waals surface area contributed by atoms with Gasteiger partial charge in [-0.15, -0.1) is 11.3 Å². The number of nitrogens with zero attached hydrogens (tertiary/aromatic N) is 2. The number of thiophene rings is 1. The number of aromatic nitrogens is 2. The van der Waals surface area contributed by atoms with Crippen molar-refractivity contribution in [1.29, 1.82) is 0 Å². The number of para-hydroxylation sites is 3. The lowest BCUT2D eigenvalue weighted by Gasteiger charge is -2.19. The van der Waals surface area contributed by atoms with Gasteiger partial charge in [-0.05, 0) is 101 Å². The van der Waals surface area contributed by atoms with Crippen LogP contribution < -0.4 is 0 Å². The normalized spacial score (nSPS) is 14.3. The fourth-order valence-corrected chi connectivity index (χ4v) is 9.58. The number of fused-ring (bicyclic) bond motifs is 9. The summed E-state index contributed by atoms with van der Waals surface area (Å²) in [5, 5.41) is 6.52. The van der Waals surface area contributed by atoms with E-state index in [0.29, 0.717) is 5.92 Å². The van der Waals surface area contributed by atoms with E-state index in [0.717, 1.165) is 6.42 Å². The van der Waals surface area contributed by atoms with Crippen LogP contribution in [0.25, 0.3) is 81.5 Å². The first-order valence-electron chi connectivity index (χ1n) is 17.7. The van der Waals surface area contributed by atoms with Crippen LogP contribution in [-0.2, 0) is 6.42 Å². The van der Waals surface area contributed by atoms with E-state index in [1.807, 2.05) is 11.3 Å². The molecule has 0 fully saturated rings. The van der Waals surface area contributed by atoms with E-state index in [2.05, 4.69) is 185 Å². The Morgan fingerprint density at radius 1 is 0.451 bits per heavy atom. The minimum atomic E-state index is 0.383. The monoisotopic (exact) mass is 668 g/mol. The Morgan fingerprint density at radius 2 is 1.06 bits per heavy atom. The molecule has 3 aromatic heterocycles. The van der Waals surface area contributed by atoms with Crippen molar-refractivity contribution >= 4 is 70.3 Å². The van der Waals surface area contributed by atoms with E-state index >= 15 is 0 Å². The maximum absolute atomic E-state index is 2.48. The Hall–Kier alpha value is -6.16. The van der Waals surface area contributed by atoms with Crippen LogP contribution in [-0.4, -0.2) is 9.13 Å². The van der Waals surface area contributed by atoms with E-state index in [9.17, 15) is 0 Å². The van der Waals surface area contributed by atoms with Gasteiger partial charge in [0, 0.05) is 59.3 Å². The molecule has 1 aliphatic rings. The molecule has 0 saturated heterocycles. The molecule has 3 heteroatoms. The van der Waals surface area contributed by atoms with E-state index in [1.54, 1.807) is 0 Å². The van der Waals surface area contributed by atoms with Gasteiger partial charge in [-0.1, -0.05) is 103 Å². The van der Waals surface area contributed by atoms with E-state index in [1.165, 1.54) is 92.2 Å². The third-order valence-electron chi connectivity index (χ3n) is 10.9. The molecule has 1 aliphatic carbocycles. The van der Waals surface area contributed by atoms with Crippen LogP contribution in [0.4, 0.5) is 0 Å². The second-order valence-electron chi connectivity index (χ2n) is 13.7. The van der Waals surface area contributed by atoms with Crippen LogP contribution in [0.15, 0.2) is 170 Å². The average molecular weight is 669 g/mol. The van der Waals surface area contributed by atoms with Gasteiger partial charge in [-0.3, -0.25) is 0 Å². The molecule has 10 aromatic rings. The second-order valence-corrected chi connectivity index (χ2v) is 14.8. The smallest absolute Gasteiger partial charge is 0.0541 e. The molecule has 7 aromatic carbocycles. The number of allylic oxidation sites excluding steroid dienone is 1. The molecule has 0 saturated carbocycles. The molecule has 11 rings (SSSR count). The summed E-state index contributed by atoms with van der Waals surface area (Å²) in [5.74, 6) is 0.383. The summed E-state index contributed by atoms with van der Waals surface area (Å²) in [6, 6.07) is 60.3. The molecule has 0 aliphatic heterocycles. The van der Waals surface area contributed by atoms with Crippen LogP contribution >= 0.6 is 11.3 Å². The summed E-state index contributed by atoms with van der Waals surface area (Å²) in [6.45, 7) is 0. The van der Waals surface area contributed by atoms with Gasteiger partial charge in [-0.25, -0.2) is 0 Å². The highest BCUT2D eigenvalue weighted by atomic mass is 32.1. The van der Waals surface area contributed by atoms with Gasteiger partial charge in [-0.2, -0.15) is 0 Å². The minimum Gasteiger partial charge on any atom is -0.310 e. The van der Waals surface area contributed by atoms with Crippen molar-refractivity contribution in [2.75, 3.05) is 0 Å². The topological polar surface area (TPSA) is 9.86 Å². The van der Waals surface area contributed by atoms with E-state index < -0.39 is 0 Å². The Bertz CT molecular complexity index is 2990. The molecule has 2 nitrogen and oxygen atoms in total. The van der Waals surface area contributed by atoms with Crippen LogP contribution in [0.3, 0.4) is 0 Å². The van der Waals surface area contributed by atoms with Crippen LogP contribution in [0, 0.1) is 0 Å². The summed E-state index contributed by atoms with van der Waals surface area (Å²) in [6.07, 6.45) is 5.76. The molecule has 3 heterocycles. The van der Waals surface area contributed by atoms with Crippen molar-refractivity contribution in [3.8, 4) is 22.5 Å². The second kappa shape index (κ2) is 11.2. The van der Waals surface area contributed by atoms with Gasteiger partial charge in [0.1, 0.15) is 0 Å². The van der Waals surface area contributed by atoms with Gasteiger partial charge in [0.25, 0.3) is 0 Å². The van der Waals surface area contributed by atoms with Crippen molar-refractivity contribution in [2.24, 2.45) is 0 Å². The first-order valence-corrected chi connectivity index (χ1v) is 18.5. The molecule has 51 heavy (non-hydrogen) atoms. The van der Waals surface area contributed by atoms with Gasteiger partial charge in [0.2, 0.25) is 0 Å². The number of rotatable bonds is 4. The highest BCUT2D eigenvalue weighted by Crippen LogP contribution is 2.42. The average Bonchev–Trinajstić information content (AvgIpc) is 3.85. The van der Waals surface area contributed by atoms with Crippen molar-refractivity contribution in [3.63, 3.8) is 0 Å². The fraction of sp³-hybridized carbons (Fsp3) is 0.0417. The largest absolute Gasteiger partial charge is 0.310 e. The van der Waals surface area contributed by atoms with Crippen molar-refractivity contribution in [3.05, 3.63) is 187 Å². The Labute approximate surface area is 299 Å². The first kappa shape index (κ1) is 28.7. The maximum atomic E-state index is 2.48. The fourth-order valence-electron chi connectivity index (χ4n) is 8.51. The third-order valence-corrected chi connectivity index (χ3v) is 12.0. The Morgan fingerprint density at radius 3 is 1.86 bits per heavy atom. The quantitative estimate of drug-likeness (QED) is 0.177. The molecule has 240 valence electrons. The number of hydrogen-bond donors (Lipinski definition) is 0. The highest BCUT2D eigenvalue weighted by molar-refractivity contribution is 7.25. The number of benzene rings is 7. The number of hydrogen-bond acceptors (Lipinski definition) is 1. The summed E-state index contributed by atoms with van der Waals surface area (Å²) in [4.78, 5) is 0. The highest BCUT2D eigenvalue weighted by Gasteiger charge is 2.24. The Balaban J connectivity index is 1.05. The third kappa shape index (κ3) is 4.42. The molecular weight excluding hydrogens is 637 g/mol. The maximum Gasteiger partial charge on any atom is 0.0541 e. The lowest BCUT2D eigenvalue weighted by atomic mass is 9.87. The predicted octanol–water partition coefficient (Wildman–Crippen LogP) is 13.1. The molecular formula is C48H32N2S. The molecule has 0 radical (unpaired) electrons. The zero-order valence-electron chi connectivity index (χ0n) is 27.8. The predicted molar refractivity (Wildman–Crippen MR) is 218 cm³/mol. The molecule has 0 bridgehead atoms. The summed E-state index contributed by atoms with van der Waals surface area (Å²) in [7, 11) is 0. The van der Waals surface area contributed by atoms with Gasteiger partial charge in [0.15, 0.2) is 0 Å². The summed E-state index contributed by atoms with van der Waals surface area (Å²) < 4.78 is 7.49. The minimum absolute atomic E-state index is 0.383. The van der Waals surface area contributed by atoms with Gasteiger partial charge in [0.05, 0.1) is 16.6 Å². The van der Waals surface area contributed by atoms with Crippen LogP contribution in [0.2, 0.25) is 0 Å². The van der Waals surface area contributed by atoms with Crippen LogP contribution in [0.1, 0.15) is 22.7 Å². The zero-order chi connectivity index (χ0) is 33.5. The molecule has 1 unspecified atom stereocenters. The van der Waals surface area contributed by atoms with Gasteiger partial charge >= 0.3 is 0 Å². The van der Waals surface area contributed by atoms with Crippen molar-refractivity contribution in [1.82, 2.24) is 9.13 Å².